The third-order valence-electron chi connectivity index (χ3n) is 6.82. The Labute approximate surface area is 200 Å². The molecule has 0 amide bonds. The van der Waals surface area contributed by atoms with Gasteiger partial charge in [-0.1, -0.05) is 15.9 Å². The van der Waals surface area contributed by atoms with Crippen molar-refractivity contribution in [3.8, 4) is 0 Å². The van der Waals surface area contributed by atoms with Gasteiger partial charge in [0.15, 0.2) is 0 Å². The third-order valence-corrected chi connectivity index (χ3v) is 7.31. The Bertz CT molecular complexity index is 1360. The molecule has 1 N–H and O–H groups in total. The van der Waals surface area contributed by atoms with Crippen LogP contribution >= 0.6 is 15.9 Å². The van der Waals surface area contributed by atoms with Crippen LogP contribution in [0.2, 0.25) is 0 Å². The summed E-state index contributed by atoms with van der Waals surface area (Å²) in [6, 6.07) is 14.3. The zero-order valence-corrected chi connectivity index (χ0v) is 20.1. The second-order valence-electron chi connectivity index (χ2n) is 9.18. The molecule has 4 aromatic rings. The van der Waals surface area contributed by atoms with E-state index in [1.54, 1.807) is 12.1 Å². The van der Waals surface area contributed by atoms with Gasteiger partial charge < -0.3 is 9.73 Å². The fourth-order valence-corrected chi connectivity index (χ4v) is 5.64. The summed E-state index contributed by atoms with van der Waals surface area (Å²) < 4.78 is 20.1. The molecule has 2 aromatic carbocycles. The van der Waals surface area contributed by atoms with Gasteiger partial charge in [-0.2, -0.15) is 0 Å². The van der Waals surface area contributed by atoms with Crippen LogP contribution in [-0.4, -0.2) is 11.0 Å². The average Bonchev–Trinajstić information content (AvgIpc) is 2.79. The highest BCUT2D eigenvalue weighted by atomic mass is 79.9. The van der Waals surface area contributed by atoms with Crippen LogP contribution in [0.25, 0.3) is 21.9 Å². The van der Waals surface area contributed by atoms with Crippen LogP contribution in [0.5, 0.6) is 0 Å². The molecule has 1 saturated carbocycles. The minimum absolute atomic E-state index is 0.208. The van der Waals surface area contributed by atoms with Gasteiger partial charge in [0.05, 0.1) is 11.2 Å². The Hall–Kier alpha value is -2.73. The van der Waals surface area contributed by atoms with Crippen LogP contribution in [0.15, 0.2) is 68.4 Å². The van der Waals surface area contributed by atoms with E-state index in [1.165, 1.54) is 17.7 Å². The molecule has 4 nitrogen and oxygen atoms in total. The summed E-state index contributed by atoms with van der Waals surface area (Å²) in [6.45, 7) is 2.17. The van der Waals surface area contributed by atoms with Crippen molar-refractivity contribution in [1.29, 1.82) is 0 Å². The van der Waals surface area contributed by atoms with Crippen molar-refractivity contribution in [2.24, 2.45) is 5.92 Å². The summed E-state index contributed by atoms with van der Waals surface area (Å²) in [7, 11) is 0. The second-order valence-corrected chi connectivity index (χ2v) is 10.1. The van der Waals surface area contributed by atoms with Crippen LogP contribution in [-0.2, 0) is 0 Å². The molecule has 0 radical (unpaired) electrons. The lowest BCUT2D eigenvalue weighted by molar-refractivity contribution is 0.302. The molecular weight excluding hydrogens is 483 g/mol. The molecule has 0 spiro atoms. The fourth-order valence-electron chi connectivity index (χ4n) is 5.28. The Morgan fingerprint density at radius 2 is 1.91 bits per heavy atom. The van der Waals surface area contributed by atoms with Crippen LogP contribution in [0.3, 0.4) is 0 Å². The van der Waals surface area contributed by atoms with E-state index in [1.807, 2.05) is 24.4 Å². The number of hydrogen-bond acceptors (Lipinski definition) is 4. The summed E-state index contributed by atoms with van der Waals surface area (Å²) >= 11 is 3.50. The maximum absolute atomic E-state index is 13.9. The number of nitrogens with one attached hydrogen (secondary N) is 1. The molecule has 0 aliphatic heterocycles. The second kappa shape index (κ2) is 9.26. The molecule has 0 bridgehead atoms. The average molecular weight is 509 g/mol. The van der Waals surface area contributed by atoms with E-state index < -0.39 is 0 Å². The lowest BCUT2D eigenvalue weighted by atomic mass is 9.76. The number of fused-ring (bicyclic) bond motifs is 2. The number of nitrogens with zero attached hydrogens (tertiary/aromatic N) is 1. The Balaban J connectivity index is 1.25. The van der Waals surface area contributed by atoms with Crippen LogP contribution in [0.1, 0.15) is 50.5 Å². The van der Waals surface area contributed by atoms with Gasteiger partial charge in [-0.25, -0.2) is 9.18 Å². The van der Waals surface area contributed by atoms with Crippen LogP contribution in [0.4, 0.5) is 10.1 Å². The molecule has 5 rings (SSSR count). The molecule has 6 heteroatoms. The standard InChI is InChI=1S/C27H26BrFN2O2/c1-16(31-25-15-27(32)33-26-9-6-19(28)13-23(25)26)12-17-2-4-18(5-3-17)21-10-11-30-24-8-7-20(29)14-22(21)24/h6-11,13-18,31H,2-5,12H2,1H3/t16?,17-,18-. The van der Waals surface area contributed by atoms with Gasteiger partial charge in [-0.3, -0.25) is 4.98 Å². The van der Waals surface area contributed by atoms with E-state index in [0.717, 1.165) is 58.6 Å². The Kier molecular flexibility index (Phi) is 6.19. The number of benzene rings is 2. The number of rotatable bonds is 5. The van der Waals surface area contributed by atoms with Crippen molar-refractivity contribution in [3.05, 3.63) is 81.0 Å². The van der Waals surface area contributed by atoms with E-state index in [4.69, 9.17) is 4.42 Å². The van der Waals surface area contributed by atoms with Crippen molar-refractivity contribution in [1.82, 2.24) is 4.98 Å². The SMILES string of the molecule is CC(C[C@H]1CC[C@H](c2ccnc3ccc(F)cc32)CC1)Nc1cc(=O)oc2ccc(Br)cc12. The number of hydrogen-bond donors (Lipinski definition) is 1. The van der Waals surface area contributed by atoms with E-state index in [9.17, 15) is 9.18 Å². The van der Waals surface area contributed by atoms with E-state index in [2.05, 4.69) is 39.2 Å². The highest BCUT2D eigenvalue weighted by molar-refractivity contribution is 9.10. The zero-order valence-electron chi connectivity index (χ0n) is 18.5. The highest BCUT2D eigenvalue weighted by Crippen LogP contribution is 2.40. The summed E-state index contributed by atoms with van der Waals surface area (Å²) in [4.78, 5) is 16.4. The lowest BCUT2D eigenvalue weighted by Crippen LogP contribution is -2.23. The number of anilines is 1. The fraction of sp³-hybridized carbons (Fsp3) is 0.333. The molecule has 1 unspecified atom stereocenters. The number of pyridine rings is 1. The summed E-state index contributed by atoms with van der Waals surface area (Å²) in [5, 5.41) is 5.38. The summed E-state index contributed by atoms with van der Waals surface area (Å²) in [6.07, 6.45) is 7.34. The van der Waals surface area contributed by atoms with Gasteiger partial charge in [-0.05, 0) is 98.9 Å². The van der Waals surface area contributed by atoms with Crippen molar-refractivity contribution < 1.29 is 8.81 Å². The van der Waals surface area contributed by atoms with Crippen molar-refractivity contribution in [3.63, 3.8) is 0 Å². The first-order valence-electron chi connectivity index (χ1n) is 11.5. The molecule has 170 valence electrons. The lowest BCUT2D eigenvalue weighted by Gasteiger charge is -2.31. The molecule has 0 saturated heterocycles. The monoisotopic (exact) mass is 508 g/mol. The highest BCUT2D eigenvalue weighted by Gasteiger charge is 2.25. The van der Waals surface area contributed by atoms with Gasteiger partial charge in [0.25, 0.3) is 0 Å². The smallest absolute Gasteiger partial charge is 0.338 e. The Morgan fingerprint density at radius 1 is 1.09 bits per heavy atom. The summed E-state index contributed by atoms with van der Waals surface area (Å²) in [5.41, 5.74) is 3.13. The van der Waals surface area contributed by atoms with Gasteiger partial charge in [0.2, 0.25) is 0 Å². The normalized spacial score (nSPS) is 19.6. The molecule has 1 fully saturated rings. The summed E-state index contributed by atoms with van der Waals surface area (Å²) in [5.74, 6) is 0.850. The number of aromatic nitrogens is 1. The zero-order chi connectivity index (χ0) is 22.9. The van der Waals surface area contributed by atoms with Crippen LogP contribution in [0, 0.1) is 11.7 Å². The number of halogens is 2. The molecule has 1 aliphatic rings. The quantitative estimate of drug-likeness (QED) is 0.285. The van der Waals surface area contributed by atoms with Crippen LogP contribution < -0.4 is 10.9 Å². The molecule has 1 atom stereocenters. The largest absolute Gasteiger partial charge is 0.423 e. The first-order chi connectivity index (χ1) is 16.0. The van der Waals surface area contributed by atoms with Crippen molar-refractivity contribution in [2.45, 2.75) is 51.0 Å². The molecule has 1 aliphatic carbocycles. The Morgan fingerprint density at radius 3 is 2.73 bits per heavy atom. The van der Waals surface area contributed by atoms with Gasteiger partial charge in [0, 0.05) is 33.6 Å². The predicted octanol–water partition coefficient (Wildman–Crippen LogP) is 7.41. The van der Waals surface area contributed by atoms with E-state index in [-0.39, 0.29) is 17.5 Å². The van der Waals surface area contributed by atoms with Crippen molar-refractivity contribution in [2.75, 3.05) is 5.32 Å². The maximum Gasteiger partial charge on any atom is 0.338 e. The third kappa shape index (κ3) is 4.81. The van der Waals surface area contributed by atoms with Gasteiger partial charge in [-0.15, -0.1) is 0 Å². The topological polar surface area (TPSA) is 55.1 Å². The van der Waals surface area contributed by atoms with Crippen molar-refractivity contribution >= 4 is 43.5 Å². The van der Waals surface area contributed by atoms with Gasteiger partial charge >= 0.3 is 5.63 Å². The minimum Gasteiger partial charge on any atom is -0.423 e. The maximum atomic E-state index is 13.9. The molecule has 2 heterocycles. The molecule has 2 aromatic heterocycles. The first-order valence-corrected chi connectivity index (χ1v) is 12.3. The van der Waals surface area contributed by atoms with Gasteiger partial charge in [0.1, 0.15) is 11.4 Å². The molecular formula is C27H26BrFN2O2. The van der Waals surface area contributed by atoms with E-state index in [0.29, 0.717) is 17.4 Å². The predicted molar refractivity (Wildman–Crippen MR) is 134 cm³/mol. The van der Waals surface area contributed by atoms with E-state index >= 15 is 0 Å². The molecule has 33 heavy (non-hydrogen) atoms. The first kappa shape index (κ1) is 22.1. The minimum atomic E-state index is -0.346.